The molecule has 1 saturated heterocycles. The van der Waals surface area contributed by atoms with Crippen LogP contribution in [0.15, 0.2) is 65.4 Å². The number of hydrogen-bond acceptors (Lipinski definition) is 6. The SMILES string of the molecule is O=C(CN1CCN(C(=O)c2cc(-c3cccnc3)on2)CC1)NCc1ccccc1. The van der Waals surface area contributed by atoms with Crippen molar-refractivity contribution in [2.24, 2.45) is 0 Å². The number of nitrogens with one attached hydrogen (secondary N) is 1. The maximum Gasteiger partial charge on any atom is 0.276 e. The molecule has 2 aromatic heterocycles. The van der Waals surface area contributed by atoms with Crippen molar-refractivity contribution in [2.75, 3.05) is 32.7 Å². The van der Waals surface area contributed by atoms with E-state index in [1.54, 1.807) is 29.4 Å². The first kappa shape index (κ1) is 19.8. The predicted molar refractivity (Wildman–Crippen MR) is 110 cm³/mol. The van der Waals surface area contributed by atoms with E-state index in [9.17, 15) is 9.59 Å². The Kier molecular flexibility index (Phi) is 6.14. The maximum atomic E-state index is 12.7. The average molecular weight is 405 g/mol. The molecule has 8 heteroatoms. The Balaban J connectivity index is 1.25. The first-order valence-corrected chi connectivity index (χ1v) is 9.88. The molecule has 1 aliphatic rings. The number of amides is 2. The molecule has 1 fully saturated rings. The second-order valence-corrected chi connectivity index (χ2v) is 7.15. The maximum absolute atomic E-state index is 12.7. The lowest BCUT2D eigenvalue weighted by atomic mass is 10.2. The summed E-state index contributed by atoms with van der Waals surface area (Å²) in [5, 5.41) is 6.85. The van der Waals surface area contributed by atoms with Gasteiger partial charge in [0.15, 0.2) is 11.5 Å². The Bertz CT molecular complexity index is 982. The molecule has 3 heterocycles. The summed E-state index contributed by atoms with van der Waals surface area (Å²) in [5.74, 6) is 0.332. The molecule has 2 amide bonds. The summed E-state index contributed by atoms with van der Waals surface area (Å²) in [5.41, 5.74) is 2.12. The van der Waals surface area contributed by atoms with Gasteiger partial charge in [-0.05, 0) is 17.7 Å². The molecule has 1 aromatic carbocycles. The quantitative estimate of drug-likeness (QED) is 0.673. The molecular weight excluding hydrogens is 382 g/mol. The smallest absolute Gasteiger partial charge is 0.276 e. The molecule has 0 bridgehead atoms. The molecule has 0 unspecified atom stereocenters. The van der Waals surface area contributed by atoms with E-state index < -0.39 is 0 Å². The van der Waals surface area contributed by atoms with Crippen LogP contribution in [0.25, 0.3) is 11.3 Å². The molecule has 30 heavy (non-hydrogen) atoms. The average Bonchev–Trinajstić information content (AvgIpc) is 3.29. The number of aromatic nitrogens is 2. The summed E-state index contributed by atoms with van der Waals surface area (Å²) < 4.78 is 5.30. The molecule has 1 aliphatic heterocycles. The normalized spacial score (nSPS) is 14.5. The highest BCUT2D eigenvalue weighted by molar-refractivity contribution is 5.93. The van der Waals surface area contributed by atoms with Crippen molar-refractivity contribution in [3.8, 4) is 11.3 Å². The number of rotatable bonds is 6. The number of piperazine rings is 1. The van der Waals surface area contributed by atoms with E-state index in [0.29, 0.717) is 45.0 Å². The van der Waals surface area contributed by atoms with Gasteiger partial charge < -0.3 is 14.7 Å². The van der Waals surface area contributed by atoms with Crippen LogP contribution in [-0.4, -0.2) is 64.5 Å². The number of nitrogens with zero attached hydrogens (tertiary/aromatic N) is 4. The van der Waals surface area contributed by atoms with Gasteiger partial charge in [0.05, 0.1) is 6.54 Å². The van der Waals surface area contributed by atoms with Crippen LogP contribution in [-0.2, 0) is 11.3 Å². The lowest BCUT2D eigenvalue weighted by Gasteiger charge is -2.33. The van der Waals surface area contributed by atoms with E-state index in [-0.39, 0.29) is 17.5 Å². The van der Waals surface area contributed by atoms with Crippen LogP contribution >= 0.6 is 0 Å². The first-order chi connectivity index (χ1) is 14.7. The van der Waals surface area contributed by atoms with Crippen LogP contribution in [0.4, 0.5) is 0 Å². The third kappa shape index (κ3) is 4.90. The van der Waals surface area contributed by atoms with Crippen LogP contribution in [0.2, 0.25) is 0 Å². The van der Waals surface area contributed by atoms with E-state index in [1.165, 1.54) is 0 Å². The molecule has 4 rings (SSSR count). The van der Waals surface area contributed by atoms with Gasteiger partial charge in [0.1, 0.15) is 0 Å². The summed E-state index contributed by atoms with van der Waals surface area (Å²) >= 11 is 0. The van der Waals surface area contributed by atoms with Crippen LogP contribution < -0.4 is 5.32 Å². The van der Waals surface area contributed by atoms with Crippen molar-refractivity contribution in [1.82, 2.24) is 25.3 Å². The monoisotopic (exact) mass is 405 g/mol. The molecule has 0 spiro atoms. The molecule has 0 saturated carbocycles. The van der Waals surface area contributed by atoms with E-state index in [1.807, 2.05) is 41.3 Å². The van der Waals surface area contributed by atoms with E-state index in [4.69, 9.17) is 4.52 Å². The Morgan fingerprint density at radius 3 is 2.57 bits per heavy atom. The van der Waals surface area contributed by atoms with E-state index in [2.05, 4.69) is 15.5 Å². The second-order valence-electron chi connectivity index (χ2n) is 7.15. The molecule has 0 atom stereocenters. The summed E-state index contributed by atoms with van der Waals surface area (Å²) in [6.45, 7) is 3.20. The fourth-order valence-corrected chi connectivity index (χ4v) is 3.35. The Labute approximate surface area is 174 Å². The minimum absolute atomic E-state index is 0.0174. The van der Waals surface area contributed by atoms with Crippen molar-refractivity contribution in [3.63, 3.8) is 0 Å². The van der Waals surface area contributed by atoms with Gasteiger partial charge >= 0.3 is 0 Å². The van der Waals surface area contributed by atoms with Crippen LogP contribution in [0.1, 0.15) is 16.1 Å². The zero-order chi connectivity index (χ0) is 20.8. The third-order valence-electron chi connectivity index (χ3n) is 5.03. The molecule has 0 radical (unpaired) electrons. The number of hydrogen-bond donors (Lipinski definition) is 1. The van der Waals surface area contributed by atoms with Crippen molar-refractivity contribution in [3.05, 3.63) is 72.2 Å². The van der Waals surface area contributed by atoms with E-state index in [0.717, 1.165) is 11.1 Å². The van der Waals surface area contributed by atoms with E-state index >= 15 is 0 Å². The Morgan fingerprint density at radius 1 is 1.03 bits per heavy atom. The zero-order valence-electron chi connectivity index (χ0n) is 16.5. The largest absolute Gasteiger partial charge is 0.355 e. The van der Waals surface area contributed by atoms with Crippen LogP contribution in [0, 0.1) is 0 Å². The van der Waals surface area contributed by atoms with Crippen molar-refractivity contribution >= 4 is 11.8 Å². The van der Waals surface area contributed by atoms with Crippen LogP contribution in [0.5, 0.6) is 0 Å². The minimum atomic E-state index is -0.165. The Hall–Kier alpha value is -3.52. The van der Waals surface area contributed by atoms with Crippen molar-refractivity contribution in [1.29, 1.82) is 0 Å². The molecule has 8 nitrogen and oxygen atoms in total. The Morgan fingerprint density at radius 2 is 1.83 bits per heavy atom. The van der Waals surface area contributed by atoms with Gasteiger partial charge in [0, 0.05) is 56.7 Å². The number of carbonyl (C=O) groups excluding carboxylic acids is 2. The van der Waals surface area contributed by atoms with Gasteiger partial charge in [-0.1, -0.05) is 35.5 Å². The highest BCUT2D eigenvalue weighted by Crippen LogP contribution is 2.20. The second kappa shape index (κ2) is 9.32. The van der Waals surface area contributed by atoms with Crippen molar-refractivity contribution < 1.29 is 14.1 Å². The van der Waals surface area contributed by atoms with Gasteiger partial charge in [-0.3, -0.25) is 19.5 Å². The highest BCUT2D eigenvalue weighted by Gasteiger charge is 2.25. The fourth-order valence-electron chi connectivity index (χ4n) is 3.35. The molecule has 1 N–H and O–H groups in total. The highest BCUT2D eigenvalue weighted by atomic mass is 16.5. The predicted octanol–water partition coefficient (Wildman–Crippen LogP) is 1.81. The third-order valence-corrected chi connectivity index (χ3v) is 5.03. The molecule has 0 aliphatic carbocycles. The van der Waals surface area contributed by atoms with Gasteiger partial charge in [-0.25, -0.2) is 0 Å². The fraction of sp³-hybridized carbons (Fsp3) is 0.273. The minimum Gasteiger partial charge on any atom is -0.355 e. The molecular formula is C22H23N5O3. The topological polar surface area (TPSA) is 91.6 Å². The lowest BCUT2D eigenvalue weighted by molar-refractivity contribution is -0.122. The summed E-state index contributed by atoms with van der Waals surface area (Å²) in [4.78, 5) is 32.8. The first-order valence-electron chi connectivity index (χ1n) is 9.88. The van der Waals surface area contributed by atoms with Gasteiger partial charge in [-0.2, -0.15) is 0 Å². The number of carbonyl (C=O) groups is 2. The lowest BCUT2D eigenvalue weighted by Crippen LogP contribution is -2.51. The summed E-state index contributed by atoms with van der Waals surface area (Å²) in [6, 6.07) is 15.1. The van der Waals surface area contributed by atoms with Crippen LogP contribution in [0.3, 0.4) is 0 Å². The number of benzene rings is 1. The number of pyridine rings is 1. The van der Waals surface area contributed by atoms with Gasteiger partial charge in [0.25, 0.3) is 5.91 Å². The summed E-state index contributed by atoms with van der Waals surface area (Å²) in [7, 11) is 0. The summed E-state index contributed by atoms with van der Waals surface area (Å²) in [6.07, 6.45) is 3.34. The zero-order valence-corrected chi connectivity index (χ0v) is 16.5. The molecule has 154 valence electrons. The van der Waals surface area contributed by atoms with Gasteiger partial charge in [0.2, 0.25) is 5.91 Å². The van der Waals surface area contributed by atoms with Gasteiger partial charge in [-0.15, -0.1) is 0 Å². The standard InChI is InChI=1S/C22H23N5O3/c28-21(24-14-17-5-2-1-3-6-17)16-26-9-11-27(12-10-26)22(29)19-13-20(30-25-19)18-7-4-8-23-15-18/h1-8,13,15H,9-12,14,16H2,(H,24,28). The van der Waals surface area contributed by atoms with Crippen molar-refractivity contribution in [2.45, 2.75) is 6.54 Å². The molecule has 3 aromatic rings.